The summed E-state index contributed by atoms with van der Waals surface area (Å²) < 4.78 is 32.8. The van der Waals surface area contributed by atoms with Crippen LogP contribution in [0.15, 0.2) is 12.1 Å². The van der Waals surface area contributed by atoms with Gasteiger partial charge in [0.05, 0.1) is 19.1 Å². The molecule has 1 aromatic carbocycles. The van der Waals surface area contributed by atoms with Gasteiger partial charge in [-0.1, -0.05) is 11.6 Å². The zero-order chi connectivity index (χ0) is 15.8. The van der Waals surface area contributed by atoms with E-state index in [9.17, 15) is 13.6 Å². The van der Waals surface area contributed by atoms with Gasteiger partial charge >= 0.3 is 5.97 Å². The number of alkyl halides is 2. The van der Waals surface area contributed by atoms with Crippen LogP contribution in [-0.2, 0) is 10.7 Å². The molecule has 0 spiro atoms. The van der Waals surface area contributed by atoms with Gasteiger partial charge in [-0.2, -0.15) is 0 Å². The number of hydrogen-bond donors (Lipinski definition) is 1. The molecule has 0 saturated heterocycles. The van der Waals surface area contributed by atoms with E-state index in [0.29, 0.717) is 11.1 Å². The number of benzene rings is 1. The summed E-state index contributed by atoms with van der Waals surface area (Å²) in [6.07, 6.45) is 1.82. The van der Waals surface area contributed by atoms with E-state index in [0.717, 1.165) is 19.8 Å². The van der Waals surface area contributed by atoms with Gasteiger partial charge in [-0.3, -0.25) is 4.79 Å². The lowest BCUT2D eigenvalue weighted by atomic mass is 9.87. The summed E-state index contributed by atoms with van der Waals surface area (Å²) >= 11 is 0. The van der Waals surface area contributed by atoms with E-state index >= 15 is 0 Å². The Bertz CT molecular complexity index is 545. The Morgan fingerprint density at radius 2 is 2.10 bits per heavy atom. The first-order valence-corrected chi connectivity index (χ1v) is 7.02. The molecule has 0 bridgehead atoms. The van der Waals surface area contributed by atoms with Crippen LogP contribution in [0.4, 0.5) is 8.78 Å². The SMILES string of the molecule is COc1c(C(CC(=O)O)C2CC2)cc(C)cc1C(C)(F)F. The van der Waals surface area contributed by atoms with Crippen molar-refractivity contribution in [1.29, 1.82) is 0 Å². The first-order valence-electron chi connectivity index (χ1n) is 7.02. The minimum absolute atomic E-state index is 0.0563. The molecule has 5 heteroatoms. The summed E-state index contributed by atoms with van der Waals surface area (Å²) in [4.78, 5) is 11.1. The molecule has 1 atom stereocenters. The predicted molar refractivity (Wildman–Crippen MR) is 75.0 cm³/mol. The highest BCUT2D eigenvalue weighted by Crippen LogP contribution is 2.49. The molecule has 0 amide bonds. The van der Waals surface area contributed by atoms with E-state index < -0.39 is 11.9 Å². The Morgan fingerprint density at radius 1 is 1.48 bits per heavy atom. The van der Waals surface area contributed by atoms with Crippen LogP contribution in [0, 0.1) is 12.8 Å². The fraction of sp³-hybridized carbons (Fsp3) is 0.562. The average Bonchev–Trinajstić information content (AvgIpc) is 3.17. The second-order valence-electron chi connectivity index (χ2n) is 5.87. The van der Waals surface area contributed by atoms with Crippen molar-refractivity contribution in [2.75, 3.05) is 7.11 Å². The Kier molecular flexibility index (Phi) is 4.21. The van der Waals surface area contributed by atoms with Crippen molar-refractivity contribution in [2.45, 2.75) is 45.0 Å². The summed E-state index contributed by atoms with van der Waals surface area (Å²) in [7, 11) is 1.36. The number of ether oxygens (including phenoxy) is 1. The van der Waals surface area contributed by atoms with Gasteiger partial charge in [0.25, 0.3) is 5.92 Å². The van der Waals surface area contributed by atoms with Crippen LogP contribution in [0.5, 0.6) is 5.75 Å². The standard InChI is InChI=1S/C16H20F2O3/c1-9-6-12(11(8-14(19)20)10-4-5-10)15(21-3)13(7-9)16(2,17)18/h6-7,10-11H,4-5,8H2,1-3H3,(H,19,20). The molecule has 21 heavy (non-hydrogen) atoms. The van der Waals surface area contributed by atoms with Gasteiger partial charge < -0.3 is 9.84 Å². The maximum atomic E-state index is 13.8. The zero-order valence-corrected chi connectivity index (χ0v) is 12.5. The van der Waals surface area contributed by atoms with E-state index in [1.165, 1.54) is 13.2 Å². The number of aryl methyl sites for hydroxylation is 1. The van der Waals surface area contributed by atoms with Crippen molar-refractivity contribution in [3.8, 4) is 5.75 Å². The smallest absolute Gasteiger partial charge is 0.303 e. The number of carboxylic acid groups (broad SMARTS) is 1. The highest BCUT2D eigenvalue weighted by molar-refractivity contribution is 5.69. The summed E-state index contributed by atoms with van der Waals surface area (Å²) in [5, 5.41) is 9.09. The maximum absolute atomic E-state index is 13.8. The van der Waals surface area contributed by atoms with Gasteiger partial charge in [-0.25, -0.2) is 8.78 Å². The van der Waals surface area contributed by atoms with Crippen LogP contribution in [0.25, 0.3) is 0 Å². The number of aliphatic carboxylic acids is 1. The van der Waals surface area contributed by atoms with Gasteiger partial charge in [0.1, 0.15) is 5.75 Å². The van der Waals surface area contributed by atoms with Crippen LogP contribution < -0.4 is 4.74 Å². The van der Waals surface area contributed by atoms with Crippen LogP contribution in [0.2, 0.25) is 0 Å². The molecule has 0 heterocycles. The molecule has 116 valence electrons. The Balaban J connectivity index is 2.55. The Hall–Kier alpha value is -1.65. The van der Waals surface area contributed by atoms with Crippen molar-refractivity contribution in [3.05, 3.63) is 28.8 Å². The molecule has 1 aromatic rings. The summed E-state index contributed by atoms with van der Waals surface area (Å²) in [6, 6.07) is 3.19. The number of carboxylic acids is 1. The van der Waals surface area contributed by atoms with Crippen molar-refractivity contribution in [3.63, 3.8) is 0 Å². The second kappa shape index (κ2) is 5.62. The third-order valence-electron chi connectivity index (χ3n) is 3.92. The largest absolute Gasteiger partial charge is 0.496 e. The van der Waals surface area contributed by atoms with E-state index in [-0.39, 0.29) is 29.6 Å². The molecule has 1 N–H and O–H groups in total. The molecule has 1 aliphatic carbocycles. The highest BCUT2D eigenvalue weighted by atomic mass is 19.3. The van der Waals surface area contributed by atoms with Crippen LogP contribution >= 0.6 is 0 Å². The molecule has 0 aliphatic heterocycles. The lowest BCUT2D eigenvalue weighted by Crippen LogP contribution is -2.15. The number of carbonyl (C=O) groups is 1. The predicted octanol–water partition coefficient (Wildman–Crippen LogP) is 4.08. The quantitative estimate of drug-likeness (QED) is 0.860. The highest BCUT2D eigenvalue weighted by Gasteiger charge is 2.38. The number of halogens is 2. The Morgan fingerprint density at radius 3 is 2.52 bits per heavy atom. The van der Waals surface area contributed by atoms with Gasteiger partial charge in [0, 0.05) is 12.8 Å². The van der Waals surface area contributed by atoms with Gasteiger partial charge in [0.2, 0.25) is 0 Å². The van der Waals surface area contributed by atoms with Crippen molar-refractivity contribution in [1.82, 2.24) is 0 Å². The molecule has 1 aliphatic rings. The number of rotatable bonds is 6. The summed E-state index contributed by atoms with van der Waals surface area (Å²) in [6.45, 7) is 2.57. The van der Waals surface area contributed by atoms with Gasteiger partial charge in [0.15, 0.2) is 0 Å². The van der Waals surface area contributed by atoms with E-state index in [1.807, 2.05) is 0 Å². The lowest BCUT2D eigenvalue weighted by Gasteiger charge is -2.23. The normalized spacial score (nSPS) is 16.6. The lowest BCUT2D eigenvalue weighted by molar-refractivity contribution is -0.137. The minimum atomic E-state index is -3.02. The van der Waals surface area contributed by atoms with Crippen LogP contribution in [0.3, 0.4) is 0 Å². The van der Waals surface area contributed by atoms with Crippen molar-refractivity contribution >= 4 is 5.97 Å². The molecule has 1 saturated carbocycles. The minimum Gasteiger partial charge on any atom is -0.496 e. The molecule has 2 rings (SSSR count). The average molecular weight is 298 g/mol. The van der Waals surface area contributed by atoms with Gasteiger partial charge in [-0.05, 0) is 37.3 Å². The fourth-order valence-corrected chi connectivity index (χ4v) is 2.85. The zero-order valence-electron chi connectivity index (χ0n) is 12.5. The molecule has 1 fully saturated rings. The number of methoxy groups -OCH3 is 1. The monoisotopic (exact) mass is 298 g/mol. The maximum Gasteiger partial charge on any atom is 0.303 e. The van der Waals surface area contributed by atoms with E-state index in [2.05, 4.69) is 0 Å². The molecule has 0 aromatic heterocycles. The second-order valence-corrected chi connectivity index (χ2v) is 5.87. The molecule has 1 unspecified atom stereocenters. The molecular formula is C16H20F2O3. The summed E-state index contributed by atoms with van der Waals surface area (Å²) in [5.74, 6) is -3.83. The third kappa shape index (κ3) is 3.52. The molecular weight excluding hydrogens is 278 g/mol. The van der Waals surface area contributed by atoms with Crippen LogP contribution in [-0.4, -0.2) is 18.2 Å². The summed E-state index contributed by atoms with van der Waals surface area (Å²) in [5.41, 5.74) is 1.12. The Labute approximate surface area is 122 Å². The van der Waals surface area contributed by atoms with E-state index in [4.69, 9.17) is 9.84 Å². The number of hydrogen-bond acceptors (Lipinski definition) is 2. The van der Waals surface area contributed by atoms with Gasteiger partial charge in [-0.15, -0.1) is 0 Å². The molecule has 0 radical (unpaired) electrons. The van der Waals surface area contributed by atoms with Crippen LogP contribution in [0.1, 0.15) is 48.8 Å². The first kappa shape index (κ1) is 15.7. The third-order valence-corrected chi connectivity index (χ3v) is 3.92. The fourth-order valence-electron chi connectivity index (χ4n) is 2.85. The topological polar surface area (TPSA) is 46.5 Å². The van der Waals surface area contributed by atoms with Crippen molar-refractivity contribution < 1.29 is 23.4 Å². The first-order chi connectivity index (χ1) is 9.74. The van der Waals surface area contributed by atoms with Crippen molar-refractivity contribution in [2.24, 2.45) is 5.92 Å². The molecule has 3 nitrogen and oxygen atoms in total. The van der Waals surface area contributed by atoms with E-state index in [1.54, 1.807) is 13.0 Å².